The SMILES string of the molecule is COc1cccc(OC)c1C(=O)P(=O)(CCC(C)C(C)(C)C)C(=O)c1c(OC)cccc1OC. The maximum Gasteiger partial charge on any atom is 0.236 e. The van der Waals surface area contributed by atoms with Gasteiger partial charge in [0.1, 0.15) is 34.1 Å². The van der Waals surface area contributed by atoms with E-state index in [2.05, 4.69) is 20.8 Å². The lowest BCUT2D eigenvalue weighted by atomic mass is 9.81. The molecule has 0 bridgehead atoms. The molecule has 0 aliphatic rings. The van der Waals surface area contributed by atoms with Crippen LogP contribution in [0.3, 0.4) is 0 Å². The number of ether oxygens (including phenoxy) is 4. The zero-order chi connectivity index (χ0) is 25.7. The minimum Gasteiger partial charge on any atom is -0.496 e. The van der Waals surface area contributed by atoms with E-state index in [-0.39, 0.29) is 51.6 Å². The molecule has 186 valence electrons. The van der Waals surface area contributed by atoms with Crippen LogP contribution in [0, 0.1) is 11.3 Å². The first-order valence-corrected chi connectivity index (χ1v) is 13.0. The van der Waals surface area contributed by atoms with Crippen molar-refractivity contribution in [3.05, 3.63) is 47.5 Å². The summed E-state index contributed by atoms with van der Waals surface area (Å²) in [5.41, 5.74) is -1.73. The first-order valence-electron chi connectivity index (χ1n) is 11.1. The molecule has 0 heterocycles. The Hall–Kier alpha value is -2.79. The normalized spacial score (nSPS) is 12.6. The summed E-state index contributed by atoms with van der Waals surface area (Å²) in [6.07, 6.45) is 0.304. The van der Waals surface area contributed by atoms with Crippen LogP contribution in [0.4, 0.5) is 0 Å². The summed E-state index contributed by atoms with van der Waals surface area (Å²) in [6, 6.07) is 9.62. The Bertz CT molecular complexity index is 969. The molecule has 1 unspecified atom stereocenters. The molecule has 0 aromatic heterocycles. The van der Waals surface area contributed by atoms with Crippen molar-refractivity contribution >= 4 is 18.2 Å². The summed E-state index contributed by atoms with van der Waals surface area (Å²) in [5, 5.41) is 0. The van der Waals surface area contributed by atoms with E-state index in [4.69, 9.17) is 18.9 Å². The lowest BCUT2D eigenvalue weighted by molar-refractivity contribution is 0.103. The first-order chi connectivity index (χ1) is 16.0. The Labute approximate surface area is 202 Å². The summed E-state index contributed by atoms with van der Waals surface area (Å²) in [7, 11) is 1.40. The largest absolute Gasteiger partial charge is 0.496 e. The third-order valence-electron chi connectivity index (χ3n) is 6.29. The quantitative estimate of drug-likeness (QED) is 0.350. The van der Waals surface area contributed by atoms with E-state index in [1.54, 1.807) is 36.4 Å². The fraction of sp³-hybridized carbons (Fsp3) is 0.462. The molecule has 0 saturated carbocycles. The van der Waals surface area contributed by atoms with Crippen LogP contribution in [-0.4, -0.2) is 45.6 Å². The Morgan fingerprint density at radius 3 is 1.35 bits per heavy atom. The van der Waals surface area contributed by atoms with Crippen molar-refractivity contribution in [3.8, 4) is 23.0 Å². The number of methoxy groups -OCH3 is 4. The molecule has 1 atom stereocenters. The average molecular weight is 491 g/mol. The smallest absolute Gasteiger partial charge is 0.236 e. The molecule has 0 N–H and O–H groups in total. The zero-order valence-corrected chi connectivity index (χ0v) is 22.2. The second kappa shape index (κ2) is 11.1. The number of carbonyl (C=O) groups is 2. The summed E-state index contributed by atoms with van der Waals surface area (Å²) >= 11 is 0. The van der Waals surface area contributed by atoms with Gasteiger partial charge in [0.2, 0.25) is 18.2 Å². The topological polar surface area (TPSA) is 88.1 Å². The van der Waals surface area contributed by atoms with Gasteiger partial charge in [0.05, 0.1) is 28.4 Å². The van der Waals surface area contributed by atoms with Crippen LogP contribution in [0.1, 0.15) is 54.8 Å². The summed E-state index contributed by atoms with van der Waals surface area (Å²) in [4.78, 5) is 28.0. The summed E-state index contributed by atoms with van der Waals surface area (Å²) in [5.74, 6) is 0.850. The minimum absolute atomic E-state index is 0.0125. The van der Waals surface area contributed by atoms with Gasteiger partial charge >= 0.3 is 0 Å². The van der Waals surface area contributed by atoms with Gasteiger partial charge in [0.25, 0.3) is 0 Å². The number of carbonyl (C=O) groups excluding carboxylic acids is 2. The second-order valence-corrected chi connectivity index (χ2v) is 11.9. The van der Waals surface area contributed by atoms with E-state index in [0.29, 0.717) is 6.42 Å². The van der Waals surface area contributed by atoms with Gasteiger partial charge in [-0.05, 0) is 42.0 Å². The standard InChI is InChI=1S/C26H35O7P/c1-17(26(2,3)4)15-16-34(29,24(27)22-18(30-5)11-9-12-19(22)31-6)25(28)23-20(32-7)13-10-14-21(23)33-8/h9-14,17H,15-16H2,1-8H3. The van der Waals surface area contributed by atoms with Gasteiger partial charge in [-0.15, -0.1) is 0 Å². The van der Waals surface area contributed by atoms with Crippen LogP contribution < -0.4 is 18.9 Å². The number of hydrogen-bond donors (Lipinski definition) is 0. The molecule has 2 aromatic carbocycles. The van der Waals surface area contributed by atoms with Crippen LogP contribution in [0.5, 0.6) is 23.0 Å². The molecule has 34 heavy (non-hydrogen) atoms. The monoisotopic (exact) mass is 490 g/mol. The molecule has 0 saturated heterocycles. The Kier molecular flexibility index (Phi) is 8.96. The van der Waals surface area contributed by atoms with Gasteiger partial charge in [-0.1, -0.05) is 39.8 Å². The van der Waals surface area contributed by atoms with Crippen LogP contribution >= 0.6 is 7.14 Å². The van der Waals surface area contributed by atoms with Gasteiger partial charge in [-0.3, -0.25) is 9.59 Å². The Morgan fingerprint density at radius 1 is 0.765 bits per heavy atom. The molecule has 0 amide bonds. The lowest BCUT2D eigenvalue weighted by Crippen LogP contribution is -2.22. The van der Waals surface area contributed by atoms with Crippen LogP contribution in [0.2, 0.25) is 0 Å². The summed E-state index contributed by atoms with van der Waals surface area (Å²) < 4.78 is 36.1. The molecule has 0 fully saturated rings. The van der Waals surface area contributed by atoms with Crippen LogP contribution in [-0.2, 0) is 4.57 Å². The Morgan fingerprint density at radius 2 is 1.09 bits per heavy atom. The predicted octanol–water partition coefficient (Wildman–Crippen LogP) is 6.14. The molecule has 7 nitrogen and oxygen atoms in total. The van der Waals surface area contributed by atoms with Crippen LogP contribution in [0.25, 0.3) is 0 Å². The van der Waals surface area contributed by atoms with Crippen molar-refractivity contribution in [1.82, 2.24) is 0 Å². The molecule has 0 aliphatic carbocycles. The maximum absolute atomic E-state index is 14.6. The lowest BCUT2D eigenvalue weighted by Gasteiger charge is -2.29. The fourth-order valence-corrected chi connectivity index (χ4v) is 6.09. The van der Waals surface area contributed by atoms with Gasteiger partial charge < -0.3 is 23.5 Å². The highest BCUT2D eigenvalue weighted by atomic mass is 31.2. The highest BCUT2D eigenvalue weighted by Gasteiger charge is 2.45. The highest BCUT2D eigenvalue weighted by molar-refractivity contribution is 7.95. The minimum atomic E-state index is -4.23. The van der Waals surface area contributed by atoms with E-state index in [1.807, 2.05) is 6.92 Å². The molecular formula is C26H35O7P. The van der Waals surface area contributed by atoms with Crippen LogP contribution in [0.15, 0.2) is 36.4 Å². The van der Waals surface area contributed by atoms with Gasteiger partial charge in [-0.25, -0.2) is 0 Å². The molecule has 2 rings (SSSR count). The van der Waals surface area contributed by atoms with E-state index >= 15 is 0 Å². The highest BCUT2D eigenvalue weighted by Crippen LogP contribution is 2.57. The summed E-state index contributed by atoms with van der Waals surface area (Å²) in [6.45, 7) is 8.23. The van der Waals surface area contributed by atoms with E-state index in [1.165, 1.54) is 28.4 Å². The molecule has 2 aromatic rings. The molecular weight excluding hydrogens is 455 g/mol. The maximum atomic E-state index is 14.6. The van der Waals surface area contributed by atoms with Crippen molar-refractivity contribution in [3.63, 3.8) is 0 Å². The fourth-order valence-electron chi connectivity index (χ4n) is 3.59. The number of benzene rings is 2. The molecule has 0 spiro atoms. The van der Waals surface area contributed by atoms with Gasteiger partial charge in [0, 0.05) is 6.16 Å². The number of rotatable bonds is 11. The van der Waals surface area contributed by atoms with Crippen molar-refractivity contribution in [2.45, 2.75) is 34.1 Å². The van der Waals surface area contributed by atoms with E-state index < -0.39 is 18.2 Å². The van der Waals surface area contributed by atoms with E-state index in [0.717, 1.165) is 0 Å². The van der Waals surface area contributed by atoms with E-state index in [9.17, 15) is 14.2 Å². The third kappa shape index (κ3) is 5.47. The third-order valence-corrected chi connectivity index (χ3v) is 8.94. The Balaban J connectivity index is 2.74. The van der Waals surface area contributed by atoms with Crippen molar-refractivity contribution in [1.29, 1.82) is 0 Å². The zero-order valence-electron chi connectivity index (χ0n) is 21.3. The van der Waals surface area contributed by atoms with Gasteiger partial charge in [0.15, 0.2) is 0 Å². The van der Waals surface area contributed by atoms with Crippen molar-refractivity contribution in [2.75, 3.05) is 34.6 Å². The first kappa shape index (κ1) is 27.5. The number of hydrogen-bond acceptors (Lipinski definition) is 7. The van der Waals surface area contributed by atoms with Gasteiger partial charge in [-0.2, -0.15) is 0 Å². The molecule has 8 heteroatoms. The average Bonchev–Trinajstić information content (AvgIpc) is 2.84. The molecule has 0 radical (unpaired) electrons. The second-order valence-electron chi connectivity index (χ2n) is 9.20. The molecule has 0 aliphatic heterocycles. The predicted molar refractivity (Wildman–Crippen MR) is 133 cm³/mol. The van der Waals surface area contributed by atoms with Crippen molar-refractivity contribution in [2.24, 2.45) is 11.3 Å². The van der Waals surface area contributed by atoms with Crippen molar-refractivity contribution < 1.29 is 33.1 Å².